The molecule has 0 saturated carbocycles. The van der Waals surface area contributed by atoms with Crippen LogP contribution in [-0.2, 0) is 9.53 Å². The minimum absolute atomic E-state index is 0.104. The molecule has 1 aromatic heterocycles. The Balaban J connectivity index is 1.60. The summed E-state index contributed by atoms with van der Waals surface area (Å²) in [5, 5.41) is 3.15. The highest BCUT2D eigenvalue weighted by Gasteiger charge is 2.17. The molecule has 1 atom stereocenters. The summed E-state index contributed by atoms with van der Waals surface area (Å²) in [7, 11) is 0. The molecule has 1 amide bonds. The molecule has 1 aliphatic heterocycles. The molecule has 0 aliphatic carbocycles. The van der Waals surface area contributed by atoms with E-state index in [1.165, 1.54) is 0 Å². The number of aromatic amines is 1. The van der Waals surface area contributed by atoms with Crippen molar-refractivity contribution in [1.29, 1.82) is 0 Å². The minimum atomic E-state index is -0.319. The third kappa shape index (κ3) is 4.61. The number of nitrogens with two attached hydrogens (primary N) is 1. The van der Waals surface area contributed by atoms with Crippen LogP contribution >= 0.6 is 11.8 Å². The van der Waals surface area contributed by atoms with Crippen LogP contribution in [0, 0.1) is 0 Å². The van der Waals surface area contributed by atoms with Crippen molar-refractivity contribution in [2.75, 3.05) is 24.6 Å². The zero-order chi connectivity index (χ0) is 17.6. The third-order valence-corrected chi connectivity index (χ3v) is 4.75. The number of amides is 1. The summed E-state index contributed by atoms with van der Waals surface area (Å²) in [6.45, 7) is 1.27. The molecule has 4 N–H and O–H groups in total. The van der Waals surface area contributed by atoms with Crippen molar-refractivity contribution in [1.82, 2.24) is 15.3 Å². The Kier molecular flexibility index (Phi) is 5.72. The lowest BCUT2D eigenvalue weighted by Gasteiger charge is -2.10. The van der Waals surface area contributed by atoms with Crippen molar-refractivity contribution in [3.8, 4) is 11.1 Å². The monoisotopic (exact) mass is 360 g/mol. The van der Waals surface area contributed by atoms with Gasteiger partial charge < -0.3 is 20.8 Å². The Bertz CT molecular complexity index is 788. The van der Waals surface area contributed by atoms with Crippen LogP contribution in [0.5, 0.6) is 0 Å². The quantitative estimate of drug-likeness (QED) is 0.531. The maximum Gasteiger partial charge on any atom is 0.261 e. The minimum Gasteiger partial charge on any atom is -0.383 e. The summed E-state index contributed by atoms with van der Waals surface area (Å²) < 4.78 is 5.45. The van der Waals surface area contributed by atoms with Crippen molar-refractivity contribution < 1.29 is 9.53 Å². The maximum atomic E-state index is 12.3. The Hall–Kier alpha value is -2.32. The fraction of sp³-hybridized carbons (Fsp3) is 0.353. The van der Waals surface area contributed by atoms with E-state index < -0.39 is 0 Å². The molecule has 25 heavy (non-hydrogen) atoms. The summed E-state index contributed by atoms with van der Waals surface area (Å²) in [5.74, 6) is 0.172. The van der Waals surface area contributed by atoms with Crippen LogP contribution in [0.3, 0.4) is 0 Å². The van der Waals surface area contributed by atoms with Crippen LogP contribution in [-0.4, -0.2) is 40.9 Å². The van der Waals surface area contributed by atoms with E-state index in [2.05, 4.69) is 15.3 Å². The molecule has 7 nitrogen and oxygen atoms in total. The summed E-state index contributed by atoms with van der Waals surface area (Å²) in [5.41, 5.74) is 6.67. The van der Waals surface area contributed by atoms with E-state index in [0.717, 1.165) is 31.2 Å². The van der Waals surface area contributed by atoms with E-state index in [-0.39, 0.29) is 29.1 Å². The van der Waals surface area contributed by atoms with E-state index in [1.807, 2.05) is 18.2 Å². The number of aromatic nitrogens is 2. The van der Waals surface area contributed by atoms with Crippen molar-refractivity contribution in [3.63, 3.8) is 0 Å². The normalized spacial score (nSPS) is 16.7. The second-order valence-corrected chi connectivity index (χ2v) is 6.69. The van der Waals surface area contributed by atoms with Crippen molar-refractivity contribution >= 4 is 23.5 Å². The van der Waals surface area contributed by atoms with Gasteiger partial charge in [-0.3, -0.25) is 9.59 Å². The number of carbonyl (C=O) groups is 1. The Labute approximate surface area is 149 Å². The van der Waals surface area contributed by atoms with Gasteiger partial charge in [-0.25, -0.2) is 4.98 Å². The Morgan fingerprint density at radius 3 is 2.88 bits per heavy atom. The van der Waals surface area contributed by atoms with Gasteiger partial charge in [-0.2, -0.15) is 0 Å². The number of benzene rings is 1. The molecule has 1 aromatic carbocycles. The van der Waals surface area contributed by atoms with E-state index in [0.29, 0.717) is 22.8 Å². The second kappa shape index (κ2) is 8.17. The molecular weight excluding hydrogens is 340 g/mol. The van der Waals surface area contributed by atoms with Gasteiger partial charge in [0.05, 0.1) is 17.4 Å². The highest BCUT2D eigenvalue weighted by atomic mass is 32.2. The smallest absolute Gasteiger partial charge is 0.261 e. The first kappa shape index (κ1) is 17.5. The van der Waals surface area contributed by atoms with Crippen LogP contribution < -0.4 is 16.6 Å². The number of rotatable bonds is 6. The highest BCUT2D eigenvalue weighted by Crippen LogP contribution is 2.22. The molecule has 0 spiro atoms. The Morgan fingerprint density at radius 1 is 1.40 bits per heavy atom. The molecule has 132 valence electrons. The number of ether oxygens (including phenoxy) is 1. The highest BCUT2D eigenvalue weighted by molar-refractivity contribution is 7.99. The number of thioether (sulfide) groups is 1. The first-order chi connectivity index (χ1) is 12.1. The molecule has 0 radical (unpaired) electrons. The summed E-state index contributed by atoms with van der Waals surface area (Å²) in [4.78, 5) is 31.1. The van der Waals surface area contributed by atoms with Gasteiger partial charge in [0.2, 0.25) is 5.91 Å². The summed E-state index contributed by atoms with van der Waals surface area (Å²) in [6, 6.07) is 9.12. The molecule has 2 heterocycles. The summed E-state index contributed by atoms with van der Waals surface area (Å²) >= 11 is 1.14. The lowest BCUT2D eigenvalue weighted by molar-refractivity contribution is -0.119. The van der Waals surface area contributed by atoms with Gasteiger partial charge in [0.15, 0.2) is 5.16 Å². The number of nitrogens with zero attached hydrogens (tertiary/aromatic N) is 1. The number of H-pyrrole nitrogens is 1. The second-order valence-electron chi connectivity index (χ2n) is 5.73. The van der Waals surface area contributed by atoms with E-state index in [1.54, 1.807) is 12.1 Å². The molecule has 3 rings (SSSR count). The largest absolute Gasteiger partial charge is 0.383 e. The zero-order valence-electron chi connectivity index (χ0n) is 13.7. The number of hydrogen-bond donors (Lipinski definition) is 3. The molecule has 0 unspecified atom stereocenters. The predicted octanol–water partition coefficient (Wildman–Crippen LogP) is 1.41. The van der Waals surface area contributed by atoms with Crippen LogP contribution in [0.15, 0.2) is 40.3 Å². The lowest BCUT2D eigenvalue weighted by atomic mass is 10.1. The van der Waals surface area contributed by atoms with E-state index in [4.69, 9.17) is 10.5 Å². The van der Waals surface area contributed by atoms with Crippen LogP contribution in [0.4, 0.5) is 5.82 Å². The van der Waals surface area contributed by atoms with Gasteiger partial charge in [-0.15, -0.1) is 0 Å². The number of carbonyl (C=O) groups excluding carboxylic acids is 1. The molecule has 1 saturated heterocycles. The first-order valence-corrected chi connectivity index (χ1v) is 9.08. The van der Waals surface area contributed by atoms with Crippen LogP contribution in [0.1, 0.15) is 12.8 Å². The van der Waals surface area contributed by atoms with Gasteiger partial charge in [-0.1, -0.05) is 42.1 Å². The van der Waals surface area contributed by atoms with Gasteiger partial charge in [0.25, 0.3) is 5.56 Å². The molecule has 8 heteroatoms. The number of anilines is 1. The number of nitrogens with one attached hydrogen (secondary N) is 2. The van der Waals surface area contributed by atoms with E-state index >= 15 is 0 Å². The van der Waals surface area contributed by atoms with E-state index in [9.17, 15) is 9.59 Å². The number of nitrogen functional groups attached to an aromatic ring is 1. The zero-order valence-corrected chi connectivity index (χ0v) is 14.5. The van der Waals surface area contributed by atoms with Gasteiger partial charge in [-0.05, 0) is 18.4 Å². The third-order valence-electron chi connectivity index (χ3n) is 3.88. The predicted molar refractivity (Wildman–Crippen MR) is 97.4 cm³/mol. The Morgan fingerprint density at radius 2 is 2.20 bits per heavy atom. The molecule has 0 bridgehead atoms. The molecule has 2 aromatic rings. The van der Waals surface area contributed by atoms with Gasteiger partial charge in [0, 0.05) is 13.2 Å². The maximum absolute atomic E-state index is 12.3. The number of hydrogen-bond acceptors (Lipinski definition) is 6. The van der Waals surface area contributed by atoms with Crippen molar-refractivity contribution in [2.45, 2.75) is 24.1 Å². The molecular formula is C17H20N4O3S. The topological polar surface area (TPSA) is 110 Å². The fourth-order valence-electron chi connectivity index (χ4n) is 2.64. The van der Waals surface area contributed by atoms with Gasteiger partial charge in [0.1, 0.15) is 5.82 Å². The van der Waals surface area contributed by atoms with Crippen molar-refractivity contribution in [2.24, 2.45) is 0 Å². The average molecular weight is 360 g/mol. The SMILES string of the molecule is Nc1nc(SCC(=O)NC[C@@H]2CCCO2)[nH]c(=O)c1-c1ccccc1. The van der Waals surface area contributed by atoms with Crippen LogP contribution in [0.2, 0.25) is 0 Å². The van der Waals surface area contributed by atoms with Crippen molar-refractivity contribution in [3.05, 3.63) is 40.7 Å². The molecule has 1 aliphatic rings. The lowest BCUT2D eigenvalue weighted by Crippen LogP contribution is -2.33. The summed E-state index contributed by atoms with van der Waals surface area (Å²) in [6.07, 6.45) is 2.11. The average Bonchev–Trinajstić information content (AvgIpc) is 3.12. The first-order valence-electron chi connectivity index (χ1n) is 8.10. The standard InChI is InChI=1S/C17H20N4O3S/c18-15-14(11-5-2-1-3-6-11)16(23)21-17(20-15)25-10-13(22)19-9-12-7-4-8-24-12/h1-3,5-6,12H,4,7-10H2,(H,19,22)(H3,18,20,21,23)/t12-/m0/s1. The van der Waals surface area contributed by atoms with Gasteiger partial charge >= 0.3 is 0 Å². The fourth-order valence-corrected chi connectivity index (χ4v) is 3.34. The van der Waals surface area contributed by atoms with Crippen LogP contribution in [0.25, 0.3) is 11.1 Å². The molecule has 1 fully saturated rings.